The maximum absolute atomic E-state index is 12.7. The van der Waals surface area contributed by atoms with Gasteiger partial charge in [-0.1, -0.05) is 148 Å². The molecular formula is C42H82NO9P. The SMILES string of the molecule is CCCCC/C=C/CC(O)CCCCCCCCC(=O)OC(COC(=O)CCCCCCCCCCCCCCC)COP(=O)([O-])OCC[N+](C)(C)C. The number of hydrogen-bond acceptors (Lipinski definition) is 9. The van der Waals surface area contributed by atoms with Crippen molar-refractivity contribution >= 4 is 19.8 Å². The first-order chi connectivity index (χ1) is 25.4. The Hall–Kier alpha value is -1.29. The van der Waals surface area contributed by atoms with Crippen LogP contribution >= 0.6 is 7.82 Å². The van der Waals surface area contributed by atoms with Crippen LogP contribution in [0.3, 0.4) is 0 Å². The van der Waals surface area contributed by atoms with Crippen molar-refractivity contribution in [2.75, 3.05) is 47.5 Å². The molecule has 1 N–H and O–H groups in total. The van der Waals surface area contributed by atoms with Crippen LogP contribution in [0.5, 0.6) is 0 Å². The Morgan fingerprint density at radius 2 is 1.15 bits per heavy atom. The van der Waals surface area contributed by atoms with Crippen LogP contribution in [0.15, 0.2) is 12.2 Å². The van der Waals surface area contributed by atoms with Crippen LogP contribution in [0.2, 0.25) is 0 Å². The van der Waals surface area contributed by atoms with Crippen molar-refractivity contribution in [2.45, 2.75) is 199 Å². The number of hydrogen-bond donors (Lipinski definition) is 1. The number of unbranched alkanes of at least 4 members (excludes halogenated alkanes) is 20. The van der Waals surface area contributed by atoms with E-state index in [9.17, 15) is 24.2 Å². The van der Waals surface area contributed by atoms with Crippen molar-refractivity contribution in [1.29, 1.82) is 0 Å². The molecule has 0 bridgehead atoms. The Labute approximate surface area is 325 Å². The van der Waals surface area contributed by atoms with Gasteiger partial charge in [-0.25, -0.2) is 0 Å². The van der Waals surface area contributed by atoms with Crippen molar-refractivity contribution in [1.82, 2.24) is 0 Å². The molecule has 11 heteroatoms. The monoisotopic (exact) mass is 776 g/mol. The largest absolute Gasteiger partial charge is 0.756 e. The summed E-state index contributed by atoms with van der Waals surface area (Å²) in [6, 6.07) is 0. The summed E-state index contributed by atoms with van der Waals surface area (Å²) in [5.41, 5.74) is 0. The third-order valence-electron chi connectivity index (χ3n) is 9.36. The van der Waals surface area contributed by atoms with Crippen LogP contribution in [-0.2, 0) is 32.7 Å². The molecule has 0 aliphatic heterocycles. The lowest BCUT2D eigenvalue weighted by molar-refractivity contribution is -0.870. The van der Waals surface area contributed by atoms with Crippen molar-refractivity contribution in [2.24, 2.45) is 0 Å². The number of carbonyl (C=O) groups excluding carboxylic acids is 2. The molecule has 0 aliphatic rings. The molecule has 0 heterocycles. The van der Waals surface area contributed by atoms with Crippen molar-refractivity contribution in [3.05, 3.63) is 12.2 Å². The average molecular weight is 776 g/mol. The fraction of sp³-hybridized carbons (Fsp3) is 0.905. The Kier molecular flexibility index (Phi) is 34.3. The summed E-state index contributed by atoms with van der Waals surface area (Å²) in [6.07, 6.45) is 31.0. The average Bonchev–Trinajstić information content (AvgIpc) is 3.10. The first kappa shape index (κ1) is 51.7. The van der Waals surface area contributed by atoms with Crippen LogP contribution in [0.4, 0.5) is 0 Å². The van der Waals surface area contributed by atoms with E-state index in [2.05, 4.69) is 26.0 Å². The van der Waals surface area contributed by atoms with E-state index in [4.69, 9.17) is 18.5 Å². The van der Waals surface area contributed by atoms with Gasteiger partial charge in [-0.3, -0.25) is 14.2 Å². The number of likely N-dealkylation sites (N-methyl/N-ethyl adjacent to an activating group) is 1. The molecule has 3 unspecified atom stereocenters. The fourth-order valence-corrected chi connectivity index (χ4v) is 6.63. The van der Waals surface area contributed by atoms with E-state index in [1.54, 1.807) is 0 Å². The summed E-state index contributed by atoms with van der Waals surface area (Å²) in [5, 5.41) is 10.2. The van der Waals surface area contributed by atoms with Crippen LogP contribution < -0.4 is 4.89 Å². The van der Waals surface area contributed by atoms with Crippen LogP contribution in [0.25, 0.3) is 0 Å². The molecule has 53 heavy (non-hydrogen) atoms. The molecule has 0 saturated carbocycles. The number of esters is 2. The summed E-state index contributed by atoms with van der Waals surface area (Å²) in [5.74, 6) is -0.881. The van der Waals surface area contributed by atoms with Gasteiger partial charge in [-0.05, 0) is 38.5 Å². The van der Waals surface area contributed by atoms with Gasteiger partial charge in [0.15, 0.2) is 6.10 Å². The summed E-state index contributed by atoms with van der Waals surface area (Å²) in [4.78, 5) is 37.5. The van der Waals surface area contributed by atoms with Crippen molar-refractivity contribution < 1.29 is 47.2 Å². The van der Waals surface area contributed by atoms with Gasteiger partial charge in [-0.2, -0.15) is 0 Å². The highest BCUT2D eigenvalue weighted by Gasteiger charge is 2.21. The fourth-order valence-electron chi connectivity index (χ4n) is 5.90. The summed E-state index contributed by atoms with van der Waals surface area (Å²) >= 11 is 0. The number of rotatable bonds is 39. The number of aliphatic hydroxyl groups is 1. The first-order valence-corrected chi connectivity index (χ1v) is 22.9. The Balaban J connectivity index is 4.42. The van der Waals surface area contributed by atoms with E-state index in [1.807, 2.05) is 21.1 Å². The minimum absolute atomic E-state index is 0.0417. The maximum atomic E-state index is 12.7. The molecule has 0 aliphatic carbocycles. The second-order valence-corrected chi connectivity index (χ2v) is 17.3. The van der Waals surface area contributed by atoms with Gasteiger partial charge < -0.3 is 33.0 Å². The highest BCUT2D eigenvalue weighted by molar-refractivity contribution is 7.45. The molecule has 0 aromatic heterocycles. The number of nitrogens with zero attached hydrogens (tertiary/aromatic N) is 1. The van der Waals surface area contributed by atoms with Gasteiger partial charge >= 0.3 is 11.9 Å². The number of quaternary nitrogens is 1. The molecule has 0 fully saturated rings. The Bertz CT molecular complexity index is 940. The Morgan fingerprint density at radius 1 is 0.660 bits per heavy atom. The first-order valence-electron chi connectivity index (χ1n) is 21.5. The second-order valence-electron chi connectivity index (χ2n) is 15.9. The van der Waals surface area contributed by atoms with Crippen molar-refractivity contribution in [3.8, 4) is 0 Å². The van der Waals surface area contributed by atoms with Crippen LogP contribution in [0.1, 0.15) is 187 Å². The van der Waals surface area contributed by atoms with E-state index >= 15 is 0 Å². The van der Waals surface area contributed by atoms with E-state index in [1.165, 1.54) is 83.5 Å². The number of aliphatic hydroxyl groups excluding tert-OH is 1. The summed E-state index contributed by atoms with van der Waals surface area (Å²) in [7, 11) is 1.13. The molecule has 0 saturated heterocycles. The molecule has 0 aromatic carbocycles. The van der Waals surface area contributed by atoms with Gasteiger partial charge in [0, 0.05) is 12.8 Å². The second kappa shape index (κ2) is 35.1. The lowest BCUT2D eigenvalue weighted by Crippen LogP contribution is -2.37. The normalized spacial score (nSPS) is 14.3. The van der Waals surface area contributed by atoms with E-state index < -0.39 is 32.5 Å². The standard InChI is InChI=1S/C42H82NO9P/c1-6-8-10-12-14-15-16-17-18-19-20-25-29-33-41(45)49-37-40(38-51-53(47,48)50-36-35-43(3,4)5)52-42(46)34-30-26-22-21-24-28-32-39(44)31-27-23-13-11-9-7-2/h23,27,39-40,44H,6-22,24-26,28-38H2,1-5H3/b27-23+. The van der Waals surface area contributed by atoms with Crippen LogP contribution in [-0.4, -0.2) is 81.2 Å². The zero-order valence-electron chi connectivity index (χ0n) is 34.8. The maximum Gasteiger partial charge on any atom is 0.306 e. The minimum atomic E-state index is -4.64. The predicted molar refractivity (Wildman–Crippen MR) is 214 cm³/mol. The molecular weight excluding hydrogens is 693 g/mol. The zero-order chi connectivity index (χ0) is 39.5. The molecule has 3 atom stereocenters. The molecule has 0 aromatic rings. The molecule has 0 radical (unpaired) electrons. The highest BCUT2D eigenvalue weighted by atomic mass is 31.2. The highest BCUT2D eigenvalue weighted by Crippen LogP contribution is 2.38. The number of allylic oxidation sites excluding steroid dienone is 1. The molecule has 0 amide bonds. The lowest BCUT2D eigenvalue weighted by atomic mass is 10.0. The number of ether oxygens (including phenoxy) is 2. The number of phosphoric acid groups is 1. The quantitative estimate of drug-likeness (QED) is 0.0213. The molecule has 0 rings (SSSR count). The van der Waals surface area contributed by atoms with Gasteiger partial charge in [0.1, 0.15) is 19.8 Å². The topological polar surface area (TPSA) is 131 Å². The van der Waals surface area contributed by atoms with Gasteiger partial charge in [0.05, 0.1) is 33.9 Å². The van der Waals surface area contributed by atoms with E-state index in [0.717, 1.165) is 70.6 Å². The third-order valence-corrected chi connectivity index (χ3v) is 10.3. The zero-order valence-corrected chi connectivity index (χ0v) is 35.7. The van der Waals surface area contributed by atoms with E-state index in [0.29, 0.717) is 17.4 Å². The summed E-state index contributed by atoms with van der Waals surface area (Å²) in [6.45, 7) is 4.10. The van der Waals surface area contributed by atoms with Crippen molar-refractivity contribution in [3.63, 3.8) is 0 Å². The minimum Gasteiger partial charge on any atom is -0.756 e. The molecule has 10 nitrogen and oxygen atoms in total. The van der Waals surface area contributed by atoms with Crippen LogP contribution in [0, 0.1) is 0 Å². The van der Waals surface area contributed by atoms with Gasteiger partial charge in [0.2, 0.25) is 0 Å². The number of carbonyl (C=O) groups is 2. The lowest BCUT2D eigenvalue weighted by Gasteiger charge is -2.28. The third kappa shape index (κ3) is 38.8. The number of phosphoric ester groups is 1. The van der Waals surface area contributed by atoms with Gasteiger partial charge in [-0.15, -0.1) is 0 Å². The van der Waals surface area contributed by atoms with Gasteiger partial charge in [0.25, 0.3) is 7.82 Å². The molecule has 0 spiro atoms. The smallest absolute Gasteiger partial charge is 0.306 e. The van der Waals surface area contributed by atoms with E-state index in [-0.39, 0.29) is 32.2 Å². The summed E-state index contributed by atoms with van der Waals surface area (Å²) < 4.78 is 33.8. The Morgan fingerprint density at radius 3 is 1.70 bits per heavy atom. The predicted octanol–water partition coefficient (Wildman–Crippen LogP) is 10.1. The molecule has 314 valence electrons.